The van der Waals surface area contributed by atoms with Crippen molar-refractivity contribution >= 4 is 11.5 Å². The monoisotopic (exact) mass is 220 g/mol. The molecule has 0 fully saturated rings. The summed E-state index contributed by atoms with van der Waals surface area (Å²) in [6.07, 6.45) is 0.190. The highest BCUT2D eigenvalue weighted by Crippen LogP contribution is 2.19. The SMILES string of the molecule is CC(C)Oc1ccc(N=C(N)C(C)C)cc1. The van der Waals surface area contributed by atoms with Gasteiger partial charge in [0.2, 0.25) is 0 Å². The Morgan fingerprint density at radius 3 is 2.12 bits per heavy atom. The van der Waals surface area contributed by atoms with Gasteiger partial charge in [0, 0.05) is 5.92 Å². The number of nitrogens with zero attached hydrogens (tertiary/aromatic N) is 1. The maximum atomic E-state index is 5.79. The summed E-state index contributed by atoms with van der Waals surface area (Å²) in [4.78, 5) is 4.32. The van der Waals surface area contributed by atoms with Gasteiger partial charge in [0.25, 0.3) is 0 Å². The van der Waals surface area contributed by atoms with Gasteiger partial charge >= 0.3 is 0 Å². The summed E-state index contributed by atoms with van der Waals surface area (Å²) in [5.41, 5.74) is 6.65. The lowest BCUT2D eigenvalue weighted by Crippen LogP contribution is -2.17. The van der Waals surface area contributed by atoms with Crippen molar-refractivity contribution in [2.24, 2.45) is 16.6 Å². The Kier molecular flexibility index (Phi) is 4.35. The lowest BCUT2D eigenvalue weighted by molar-refractivity contribution is 0.242. The van der Waals surface area contributed by atoms with Crippen LogP contribution in [-0.2, 0) is 0 Å². The van der Waals surface area contributed by atoms with Crippen LogP contribution in [0.2, 0.25) is 0 Å². The molecule has 0 amide bonds. The van der Waals surface area contributed by atoms with Crippen LogP contribution in [0, 0.1) is 5.92 Å². The van der Waals surface area contributed by atoms with E-state index in [4.69, 9.17) is 10.5 Å². The highest BCUT2D eigenvalue weighted by molar-refractivity contribution is 5.84. The summed E-state index contributed by atoms with van der Waals surface area (Å²) in [5, 5.41) is 0. The van der Waals surface area contributed by atoms with Crippen LogP contribution in [-0.4, -0.2) is 11.9 Å². The molecule has 0 spiro atoms. The molecule has 1 rings (SSSR count). The molecular formula is C13H20N2O. The molecule has 3 nitrogen and oxygen atoms in total. The Labute approximate surface area is 97.3 Å². The molecule has 0 bridgehead atoms. The van der Waals surface area contributed by atoms with Crippen LogP contribution in [0.3, 0.4) is 0 Å². The number of amidine groups is 1. The minimum atomic E-state index is 0.190. The van der Waals surface area contributed by atoms with Crippen LogP contribution < -0.4 is 10.5 Å². The predicted octanol–water partition coefficient (Wildman–Crippen LogP) is 3.12. The molecule has 1 aromatic rings. The Morgan fingerprint density at radius 1 is 1.12 bits per heavy atom. The van der Waals surface area contributed by atoms with Gasteiger partial charge in [-0.2, -0.15) is 0 Å². The summed E-state index contributed by atoms with van der Waals surface area (Å²) < 4.78 is 5.54. The number of benzene rings is 1. The van der Waals surface area contributed by atoms with E-state index >= 15 is 0 Å². The normalized spacial score (nSPS) is 12.2. The maximum absolute atomic E-state index is 5.79. The summed E-state index contributed by atoms with van der Waals surface area (Å²) in [7, 11) is 0. The minimum absolute atomic E-state index is 0.190. The van der Waals surface area contributed by atoms with Gasteiger partial charge in [-0.3, -0.25) is 0 Å². The molecule has 88 valence electrons. The molecule has 1 aromatic carbocycles. The highest BCUT2D eigenvalue weighted by atomic mass is 16.5. The van der Waals surface area contributed by atoms with Crippen molar-refractivity contribution in [3.63, 3.8) is 0 Å². The number of rotatable bonds is 4. The van der Waals surface area contributed by atoms with Gasteiger partial charge < -0.3 is 10.5 Å². The lowest BCUT2D eigenvalue weighted by atomic mass is 10.2. The summed E-state index contributed by atoms with van der Waals surface area (Å²) in [6, 6.07) is 7.64. The third kappa shape index (κ3) is 3.93. The second kappa shape index (κ2) is 5.54. The fourth-order valence-corrected chi connectivity index (χ4v) is 1.15. The van der Waals surface area contributed by atoms with Crippen molar-refractivity contribution in [3.8, 4) is 5.75 Å². The quantitative estimate of drug-likeness (QED) is 0.626. The molecule has 0 aliphatic rings. The van der Waals surface area contributed by atoms with Crippen LogP contribution in [0.15, 0.2) is 29.3 Å². The van der Waals surface area contributed by atoms with Gasteiger partial charge in [-0.25, -0.2) is 4.99 Å². The van der Waals surface area contributed by atoms with Crippen LogP contribution in [0.25, 0.3) is 0 Å². The molecule has 0 saturated heterocycles. The van der Waals surface area contributed by atoms with Gasteiger partial charge in [0.1, 0.15) is 11.6 Å². The number of aliphatic imine (C=N–C) groups is 1. The standard InChI is InChI=1S/C13H20N2O/c1-9(2)13(14)15-11-5-7-12(8-6-11)16-10(3)4/h5-10H,1-4H3,(H2,14,15). The fraction of sp³-hybridized carbons (Fsp3) is 0.462. The third-order valence-electron chi connectivity index (χ3n) is 2.06. The first-order chi connectivity index (χ1) is 7.49. The van der Waals surface area contributed by atoms with Crippen LogP contribution in [0.5, 0.6) is 5.75 Å². The van der Waals surface area contributed by atoms with Gasteiger partial charge in [-0.05, 0) is 38.1 Å². The Morgan fingerprint density at radius 2 is 1.69 bits per heavy atom. The van der Waals surface area contributed by atoms with E-state index in [1.165, 1.54) is 0 Å². The summed E-state index contributed by atoms with van der Waals surface area (Å²) in [6.45, 7) is 8.05. The maximum Gasteiger partial charge on any atom is 0.119 e. The molecule has 0 radical (unpaired) electrons. The zero-order valence-electron chi connectivity index (χ0n) is 10.4. The molecule has 2 N–H and O–H groups in total. The topological polar surface area (TPSA) is 47.6 Å². The lowest BCUT2D eigenvalue weighted by Gasteiger charge is -2.09. The van der Waals surface area contributed by atoms with Crippen molar-refractivity contribution in [3.05, 3.63) is 24.3 Å². The van der Waals surface area contributed by atoms with Crippen molar-refractivity contribution < 1.29 is 4.74 Å². The van der Waals surface area contributed by atoms with E-state index in [9.17, 15) is 0 Å². The zero-order valence-corrected chi connectivity index (χ0v) is 10.4. The number of nitrogens with two attached hydrogens (primary N) is 1. The zero-order chi connectivity index (χ0) is 12.1. The number of ether oxygens (including phenoxy) is 1. The first-order valence-corrected chi connectivity index (χ1v) is 5.60. The second-order valence-electron chi connectivity index (χ2n) is 4.35. The van der Waals surface area contributed by atoms with Crippen LogP contribution in [0.1, 0.15) is 27.7 Å². The molecule has 0 unspecified atom stereocenters. The molecule has 0 saturated carbocycles. The van der Waals surface area contributed by atoms with Gasteiger partial charge in [0.15, 0.2) is 0 Å². The smallest absolute Gasteiger partial charge is 0.119 e. The Bertz CT molecular complexity index is 353. The average molecular weight is 220 g/mol. The van der Waals surface area contributed by atoms with E-state index in [2.05, 4.69) is 4.99 Å². The predicted molar refractivity (Wildman–Crippen MR) is 68.3 cm³/mol. The largest absolute Gasteiger partial charge is 0.491 e. The van der Waals surface area contributed by atoms with E-state index in [0.29, 0.717) is 5.84 Å². The van der Waals surface area contributed by atoms with Crippen molar-refractivity contribution in [2.75, 3.05) is 0 Å². The third-order valence-corrected chi connectivity index (χ3v) is 2.06. The first-order valence-electron chi connectivity index (χ1n) is 5.60. The minimum Gasteiger partial charge on any atom is -0.491 e. The van der Waals surface area contributed by atoms with Gasteiger partial charge in [-0.1, -0.05) is 13.8 Å². The van der Waals surface area contributed by atoms with Gasteiger partial charge in [0.05, 0.1) is 11.8 Å². The van der Waals surface area contributed by atoms with E-state index < -0.39 is 0 Å². The molecule has 0 aliphatic carbocycles. The molecule has 0 aromatic heterocycles. The van der Waals surface area contributed by atoms with Crippen LogP contribution >= 0.6 is 0 Å². The van der Waals surface area contributed by atoms with E-state index in [0.717, 1.165) is 11.4 Å². The van der Waals surface area contributed by atoms with Crippen molar-refractivity contribution in [1.29, 1.82) is 0 Å². The Hall–Kier alpha value is -1.51. The average Bonchev–Trinajstić information content (AvgIpc) is 2.20. The van der Waals surface area contributed by atoms with E-state index in [1.54, 1.807) is 0 Å². The Balaban J connectivity index is 2.75. The molecule has 0 aliphatic heterocycles. The number of hydrogen-bond donors (Lipinski definition) is 1. The van der Waals surface area contributed by atoms with Crippen molar-refractivity contribution in [1.82, 2.24) is 0 Å². The van der Waals surface area contributed by atoms with Crippen LogP contribution in [0.4, 0.5) is 5.69 Å². The molecule has 16 heavy (non-hydrogen) atoms. The molecule has 0 atom stereocenters. The van der Waals surface area contributed by atoms with E-state index in [-0.39, 0.29) is 12.0 Å². The first kappa shape index (κ1) is 12.6. The van der Waals surface area contributed by atoms with Crippen molar-refractivity contribution in [2.45, 2.75) is 33.8 Å². The van der Waals surface area contributed by atoms with E-state index in [1.807, 2.05) is 52.0 Å². The highest BCUT2D eigenvalue weighted by Gasteiger charge is 2.00. The summed E-state index contributed by atoms with van der Waals surface area (Å²) >= 11 is 0. The molecule has 3 heteroatoms. The number of hydrogen-bond acceptors (Lipinski definition) is 2. The second-order valence-corrected chi connectivity index (χ2v) is 4.35. The summed E-state index contributed by atoms with van der Waals surface area (Å²) in [5.74, 6) is 1.78. The molecule has 0 heterocycles. The fourth-order valence-electron chi connectivity index (χ4n) is 1.15. The molecular weight excluding hydrogens is 200 g/mol. The van der Waals surface area contributed by atoms with Gasteiger partial charge in [-0.15, -0.1) is 0 Å².